The van der Waals surface area contributed by atoms with E-state index >= 15 is 0 Å². The van der Waals surface area contributed by atoms with E-state index in [2.05, 4.69) is 13.8 Å². The molecule has 5 nitrogen and oxygen atoms in total. The molecule has 0 aliphatic carbocycles. The smallest absolute Gasteiger partial charge is 0.424 e. The van der Waals surface area contributed by atoms with Crippen LogP contribution in [0.3, 0.4) is 0 Å². The first-order valence-electron chi connectivity index (χ1n) is 6.28. The second kappa shape index (κ2) is 6.02. The summed E-state index contributed by atoms with van der Waals surface area (Å²) in [5.74, 6) is 0.541. The molecule has 106 valence electrons. The van der Waals surface area contributed by atoms with Crippen molar-refractivity contribution in [3.05, 3.63) is 0 Å². The molecule has 1 aliphatic rings. The maximum absolute atomic E-state index is 12.0. The van der Waals surface area contributed by atoms with Crippen LogP contribution in [0.5, 0.6) is 0 Å². The minimum atomic E-state index is -1.71. The maximum atomic E-state index is 12.0. The molecule has 0 radical (unpaired) electrons. The molecular weight excluding hydrogens is 254 g/mol. The van der Waals surface area contributed by atoms with Crippen molar-refractivity contribution in [2.45, 2.75) is 59.1 Å². The van der Waals surface area contributed by atoms with Crippen LogP contribution < -0.4 is 0 Å². The van der Waals surface area contributed by atoms with Gasteiger partial charge in [0.15, 0.2) is 0 Å². The molecule has 0 spiro atoms. The fourth-order valence-electron chi connectivity index (χ4n) is 1.63. The van der Waals surface area contributed by atoms with Crippen LogP contribution >= 0.6 is 0 Å². The molecule has 0 aromatic rings. The number of hydrogen-bond donors (Lipinski definition) is 0. The molecule has 0 aromatic carbocycles. The van der Waals surface area contributed by atoms with Gasteiger partial charge in [-0.25, -0.2) is 9.00 Å². The third-order valence-corrected chi connectivity index (χ3v) is 3.61. The number of rotatable bonds is 3. The van der Waals surface area contributed by atoms with Gasteiger partial charge in [-0.15, -0.1) is 0 Å². The first-order chi connectivity index (χ1) is 8.20. The molecule has 0 N–H and O–H groups in total. The Hall–Kier alpha value is -0.620. The van der Waals surface area contributed by atoms with E-state index < -0.39 is 23.0 Å². The van der Waals surface area contributed by atoms with Crippen molar-refractivity contribution in [1.82, 2.24) is 4.31 Å². The van der Waals surface area contributed by atoms with Gasteiger partial charge >= 0.3 is 6.09 Å². The Morgan fingerprint density at radius 3 is 2.61 bits per heavy atom. The lowest BCUT2D eigenvalue weighted by molar-refractivity contribution is 0.0356. The Morgan fingerprint density at radius 1 is 1.50 bits per heavy atom. The van der Waals surface area contributed by atoms with Gasteiger partial charge < -0.3 is 4.74 Å². The molecule has 1 aliphatic heterocycles. The van der Waals surface area contributed by atoms with Gasteiger partial charge in [0.2, 0.25) is 0 Å². The van der Waals surface area contributed by atoms with Crippen LogP contribution in [-0.4, -0.2) is 32.9 Å². The number of nitrogens with zero attached hydrogens (tertiary/aromatic N) is 1. The van der Waals surface area contributed by atoms with Crippen molar-refractivity contribution in [3.63, 3.8) is 0 Å². The summed E-state index contributed by atoms with van der Waals surface area (Å²) in [5.41, 5.74) is -0.591. The predicted molar refractivity (Wildman–Crippen MR) is 70.0 cm³/mol. The second-order valence-electron chi connectivity index (χ2n) is 5.93. The first kappa shape index (κ1) is 15.4. The molecule has 1 rings (SSSR count). The van der Waals surface area contributed by atoms with Crippen molar-refractivity contribution in [3.8, 4) is 0 Å². The highest BCUT2D eigenvalue weighted by Gasteiger charge is 2.38. The summed E-state index contributed by atoms with van der Waals surface area (Å²) in [6.45, 7) is 9.91. The summed E-state index contributed by atoms with van der Waals surface area (Å²) < 4.78 is 23.2. The summed E-state index contributed by atoms with van der Waals surface area (Å²) in [6, 6.07) is -0.150. The summed E-state index contributed by atoms with van der Waals surface area (Å²) in [6.07, 6.45) is 1.18. The second-order valence-corrected chi connectivity index (χ2v) is 7.00. The van der Waals surface area contributed by atoms with Gasteiger partial charge in [-0.2, -0.15) is 4.31 Å². The van der Waals surface area contributed by atoms with Crippen molar-refractivity contribution in [2.75, 3.05) is 6.61 Å². The van der Waals surface area contributed by atoms with Crippen LogP contribution in [0.15, 0.2) is 0 Å². The third kappa shape index (κ3) is 4.57. The normalized spacial score (nSPS) is 24.7. The average Bonchev–Trinajstić information content (AvgIpc) is 2.53. The fourth-order valence-corrected chi connectivity index (χ4v) is 2.58. The van der Waals surface area contributed by atoms with Crippen LogP contribution in [-0.2, 0) is 20.2 Å². The van der Waals surface area contributed by atoms with E-state index in [0.29, 0.717) is 12.5 Å². The molecule has 18 heavy (non-hydrogen) atoms. The average molecular weight is 277 g/mol. The zero-order valence-corrected chi connectivity index (χ0v) is 12.6. The lowest BCUT2D eigenvalue weighted by Gasteiger charge is -2.25. The van der Waals surface area contributed by atoms with Gasteiger partial charge in [0.25, 0.3) is 11.3 Å². The van der Waals surface area contributed by atoms with E-state index in [9.17, 15) is 9.00 Å². The molecule has 1 heterocycles. The number of hydrogen-bond acceptors (Lipinski definition) is 4. The Balaban J connectivity index is 2.64. The molecule has 2 atom stereocenters. The molecule has 0 saturated carbocycles. The van der Waals surface area contributed by atoms with Crippen LogP contribution in [0.4, 0.5) is 4.79 Å². The molecular formula is C12H23NO4S. The zero-order chi connectivity index (χ0) is 13.9. The predicted octanol–water partition coefficient (Wildman–Crippen LogP) is 2.64. The van der Waals surface area contributed by atoms with Crippen molar-refractivity contribution < 1.29 is 17.9 Å². The first-order valence-corrected chi connectivity index (χ1v) is 7.31. The van der Waals surface area contributed by atoms with Gasteiger partial charge in [0, 0.05) is 0 Å². The maximum Gasteiger partial charge on any atom is 0.424 e. The Morgan fingerprint density at radius 2 is 2.11 bits per heavy atom. The van der Waals surface area contributed by atoms with E-state index in [1.165, 1.54) is 4.31 Å². The van der Waals surface area contributed by atoms with Gasteiger partial charge in [-0.05, 0) is 39.5 Å². The van der Waals surface area contributed by atoms with Crippen molar-refractivity contribution >= 4 is 17.4 Å². The lowest BCUT2D eigenvalue weighted by Crippen LogP contribution is -2.40. The van der Waals surface area contributed by atoms with Crippen LogP contribution in [0, 0.1) is 5.92 Å². The molecule has 0 aromatic heterocycles. The van der Waals surface area contributed by atoms with E-state index in [1.807, 2.05) is 0 Å². The van der Waals surface area contributed by atoms with Gasteiger partial charge in [-0.1, -0.05) is 13.8 Å². The van der Waals surface area contributed by atoms with E-state index in [4.69, 9.17) is 8.92 Å². The van der Waals surface area contributed by atoms with Crippen LogP contribution in [0.25, 0.3) is 0 Å². The fraction of sp³-hybridized carbons (Fsp3) is 0.917. The highest BCUT2D eigenvalue weighted by Crippen LogP contribution is 2.23. The number of amides is 1. The van der Waals surface area contributed by atoms with E-state index in [0.717, 1.165) is 12.8 Å². The summed E-state index contributed by atoms with van der Waals surface area (Å²) in [7, 11) is 0. The zero-order valence-electron chi connectivity index (χ0n) is 11.8. The van der Waals surface area contributed by atoms with Gasteiger partial charge in [0.05, 0.1) is 12.6 Å². The molecule has 0 bridgehead atoms. The lowest BCUT2D eigenvalue weighted by atomic mass is 10.0. The monoisotopic (exact) mass is 277 g/mol. The van der Waals surface area contributed by atoms with Gasteiger partial charge in [-0.3, -0.25) is 4.18 Å². The third-order valence-electron chi connectivity index (χ3n) is 2.50. The van der Waals surface area contributed by atoms with Crippen molar-refractivity contribution in [2.24, 2.45) is 5.92 Å². The summed E-state index contributed by atoms with van der Waals surface area (Å²) in [5, 5.41) is 0. The quantitative estimate of drug-likeness (QED) is 0.795. The molecule has 1 amide bonds. The molecule has 1 saturated heterocycles. The van der Waals surface area contributed by atoms with Crippen LogP contribution in [0.2, 0.25) is 0 Å². The minimum Gasteiger partial charge on any atom is -0.443 e. The number of carbonyl (C=O) groups excluding carboxylic acids is 1. The Kier molecular flexibility index (Phi) is 5.16. The standard InChI is InChI=1S/C12H23NO4S/c1-9(2)6-7-10-8-16-18(15)13(10)11(14)17-12(3,4)5/h9-10H,6-8H2,1-5H3/t10-,18?/m0/s1. The largest absolute Gasteiger partial charge is 0.443 e. The molecule has 1 fully saturated rings. The Bertz CT molecular complexity index is 325. The molecule has 1 unspecified atom stereocenters. The van der Waals surface area contributed by atoms with Crippen LogP contribution in [0.1, 0.15) is 47.5 Å². The van der Waals surface area contributed by atoms with E-state index in [-0.39, 0.29) is 6.04 Å². The highest BCUT2D eigenvalue weighted by molar-refractivity contribution is 7.78. The van der Waals surface area contributed by atoms with Gasteiger partial charge in [0.1, 0.15) is 5.60 Å². The highest BCUT2D eigenvalue weighted by atomic mass is 32.2. The summed E-state index contributed by atoms with van der Waals surface area (Å²) in [4.78, 5) is 12.0. The molecule has 6 heteroatoms. The SMILES string of the molecule is CC(C)CC[C@H]1COS(=O)N1C(=O)OC(C)(C)C. The number of carbonyl (C=O) groups is 1. The summed E-state index contributed by atoms with van der Waals surface area (Å²) >= 11 is -1.71. The minimum absolute atomic E-state index is 0.150. The topological polar surface area (TPSA) is 55.8 Å². The van der Waals surface area contributed by atoms with Crippen molar-refractivity contribution in [1.29, 1.82) is 0 Å². The Labute approximate surface area is 112 Å². The van der Waals surface area contributed by atoms with E-state index in [1.54, 1.807) is 20.8 Å². The number of ether oxygens (including phenoxy) is 1.